The predicted molar refractivity (Wildman–Crippen MR) is 92.3 cm³/mol. The van der Waals surface area contributed by atoms with Crippen molar-refractivity contribution in [3.05, 3.63) is 52.0 Å². The van der Waals surface area contributed by atoms with Crippen molar-refractivity contribution in [1.29, 1.82) is 0 Å². The van der Waals surface area contributed by atoms with Gasteiger partial charge in [-0.15, -0.1) is 0 Å². The van der Waals surface area contributed by atoms with Crippen molar-refractivity contribution in [3.63, 3.8) is 0 Å². The van der Waals surface area contributed by atoms with Gasteiger partial charge in [0, 0.05) is 12.1 Å². The minimum Gasteiger partial charge on any atom is -0.466 e. The van der Waals surface area contributed by atoms with E-state index in [1.165, 1.54) is 0 Å². The summed E-state index contributed by atoms with van der Waals surface area (Å²) in [6.45, 7) is 2.14. The standard InChI is InChI=1S/C17H17Cl2NO3/c1-2-22-16(21)8-3-11-9-14(18)17(15(19)10-11)23-13-6-4-12(20)5-7-13/h4-7,9-10H,2-3,8,20H2,1H3. The Morgan fingerprint density at radius 3 is 2.30 bits per heavy atom. The maximum atomic E-state index is 11.4. The highest BCUT2D eigenvalue weighted by atomic mass is 35.5. The molecule has 0 unspecified atom stereocenters. The first-order chi connectivity index (χ1) is 11.0. The molecular formula is C17H17Cl2NO3. The van der Waals surface area contributed by atoms with Gasteiger partial charge in [0.1, 0.15) is 5.75 Å². The number of carbonyl (C=O) groups is 1. The molecule has 122 valence electrons. The van der Waals surface area contributed by atoms with Crippen LogP contribution in [-0.2, 0) is 16.0 Å². The van der Waals surface area contributed by atoms with Crippen LogP contribution in [-0.4, -0.2) is 12.6 Å². The van der Waals surface area contributed by atoms with E-state index in [0.717, 1.165) is 5.56 Å². The number of rotatable bonds is 6. The Kier molecular flexibility index (Phi) is 6.13. The summed E-state index contributed by atoms with van der Waals surface area (Å²) in [4.78, 5) is 11.4. The van der Waals surface area contributed by atoms with Crippen LogP contribution in [0.2, 0.25) is 10.0 Å². The average Bonchev–Trinajstić information content (AvgIpc) is 2.51. The number of anilines is 1. The van der Waals surface area contributed by atoms with Gasteiger partial charge in [0.05, 0.1) is 16.7 Å². The first kappa shape index (κ1) is 17.4. The SMILES string of the molecule is CCOC(=O)CCc1cc(Cl)c(Oc2ccc(N)cc2)c(Cl)c1. The Labute approximate surface area is 145 Å². The van der Waals surface area contributed by atoms with Crippen LogP contribution in [0.3, 0.4) is 0 Å². The van der Waals surface area contributed by atoms with Crippen molar-refractivity contribution in [2.75, 3.05) is 12.3 Å². The summed E-state index contributed by atoms with van der Waals surface area (Å²) in [5.41, 5.74) is 7.12. The van der Waals surface area contributed by atoms with Crippen LogP contribution in [0, 0.1) is 0 Å². The predicted octanol–water partition coefficient (Wildman–Crippen LogP) is 4.86. The molecule has 0 saturated carbocycles. The number of aryl methyl sites for hydroxylation is 1. The Morgan fingerprint density at radius 2 is 1.74 bits per heavy atom. The first-order valence-electron chi connectivity index (χ1n) is 7.16. The maximum absolute atomic E-state index is 11.4. The van der Waals surface area contributed by atoms with Crippen molar-refractivity contribution in [2.45, 2.75) is 19.8 Å². The summed E-state index contributed by atoms with van der Waals surface area (Å²) in [6.07, 6.45) is 0.777. The van der Waals surface area contributed by atoms with Crippen molar-refractivity contribution in [2.24, 2.45) is 0 Å². The van der Waals surface area contributed by atoms with Crippen molar-refractivity contribution in [1.82, 2.24) is 0 Å². The van der Waals surface area contributed by atoms with Gasteiger partial charge in [-0.2, -0.15) is 0 Å². The van der Waals surface area contributed by atoms with Crippen molar-refractivity contribution < 1.29 is 14.3 Å². The van der Waals surface area contributed by atoms with Gasteiger partial charge in [-0.3, -0.25) is 4.79 Å². The van der Waals surface area contributed by atoms with Crippen LogP contribution < -0.4 is 10.5 Å². The van der Waals surface area contributed by atoms with E-state index >= 15 is 0 Å². The lowest BCUT2D eigenvalue weighted by Gasteiger charge is -2.12. The fraction of sp³-hybridized carbons (Fsp3) is 0.235. The Morgan fingerprint density at radius 1 is 1.13 bits per heavy atom. The van der Waals surface area contributed by atoms with E-state index in [-0.39, 0.29) is 12.4 Å². The molecule has 0 aliphatic carbocycles. The number of benzene rings is 2. The van der Waals surface area contributed by atoms with Crippen LogP contribution in [0.25, 0.3) is 0 Å². The van der Waals surface area contributed by atoms with E-state index in [1.807, 2.05) is 0 Å². The number of hydrogen-bond acceptors (Lipinski definition) is 4. The van der Waals surface area contributed by atoms with Gasteiger partial charge in [-0.25, -0.2) is 0 Å². The second kappa shape index (κ2) is 8.09. The fourth-order valence-corrected chi connectivity index (χ4v) is 2.60. The topological polar surface area (TPSA) is 61.5 Å². The molecule has 0 spiro atoms. The molecule has 0 radical (unpaired) electrons. The van der Waals surface area contributed by atoms with Crippen LogP contribution in [0.15, 0.2) is 36.4 Å². The molecule has 2 N–H and O–H groups in total. The number of carbonyl (C=O) groups excluding carboxylic acids is 1. The van der Waals surface area contributed by atoms with Gasteiger partial charge < -0.3 is 15.2 Å². The Bertz CT molecular complexity index is 664. The summed E-state index contributed by atoms with van der Waals surface area (Å²) in [5, 5.41) is 0.765. The van der Waals surface area contributed by atoms with E-state index in [9.17, 15) is 4.79 Å². The van der Waals surface area contributed by atoms with Gasteiger partial charge in [0.2, 0.25) is 0 Å². The van der Waals surface area contributed by atoms with Gasteiger partial charge in [-0.05, 0) is 55.3 Å². The monoisotopic (exact) mass is 353 g/mol. The highest BCUT2D eigenvalue weighted by Crippen LogP contribution is 2.37. The minimum atomic E-state index is -0.248. The summed E-state index contributed by atoms with van der Waals surface area (Å²) in [6, 6.07) is 10.4. The number of esters is 1. The molecule has 0 fully saturated rings. The molecule has 0 atom stereocenters. The third-order valence-corrected chi connectivity index (χ3v) is 3.64. The quantitative estimate of drug-likeness (QED) is 0.594. The lowest BCUT2D eigenvalue weighted by Crippen LogP contribution is -2.05. The van der Waals surface area contributed by atoms with Crippen molar-refractivity contribution in [3.8, 4) is 11.5 Å². The molecular weight excluding hydrogens is 337 g/mol. The van der Waals surface area contributed by atoms with E-state index < -0.39 is 0 Å². The van der Waals surface area contributed by atoms with Gasteiger partial charge in [-0.1, -0.05) is 23.2 Å². The van der Waals surface area contributed by atoms with E-state index in [2.05, 4.69) is 0 Å². The van der Waals surface area contributed by atoms with Gasteiger partial charge >= 0.3 is 5.97 Å². The largest absolute Gasteiger partial charge is 0.466 e. The smallest absolute Gasteiger partial charge is 0.306 e. The molecule has 0 aliphatic rings. The highest BCUT2D eigenvalue weighted by molar-refractivity contribution is 6.37. The van der Waals surface area contributed by atoms with Gasteiger partial charge in [0.25, 0.3) is 0 Å². The normalized spacial score (nSPS) is 10.4. The zero-order valence-electron chi connectivity index (χ0n) is 12.6. The summed E-state index contributed by atoms with van der Waals surface area (Å²) >= 11 is 12.5. The minimum absolute atomic E-state index is 0.248. The van der Waals surface area contributed by atoms with Crippen LogP contribution >= 0.6 is 23.2 Å². The van der Waals surface area contributed by atoms with Crippen LogP contribution in [0.5, 0.6) is 11.5 Å². The molecule has 0 aliphatic heterocycles. The molecule has 0 amide bonds. The highest BCUT2D eigenvalue weighted by Gasteiger charge is 2.12. The fourth-order valence-electron chi connectivity index (χ4n) is 1.99. The zero-order valence-corrected chi connectivity index (χ0v) is 14.2. The summed E-state index contributed by atoms with van der Waals surface area (Å²) < 4.78 is 10.6. The third-order valence-electron chi connectivity index (χ3n) is 3.08. The lowest BCUT2D eigenvalue weighted by atomic mass is 10.1. The van der Waals surface area contributed by atoms with Gasteiger partial charge in [0.15, 0.2) is 5.75 Å². The molecule has 6 heteroatoms. The van der Waals surface area contributed by atoms with Crippen LogP contribution in [0.1, 0.15) is 18.9 Å². The first-order valence-corrected chi connectivity index (χ1v) is 7.92. The second-order valence-electron chi connectivity index (χ2n) is 4.86. The molecule has 23 heavy (non-hydrogen) atoms. The number of hydrogen-bond donors (Lipinski definition) is 1. The summed E-state index contributed by atoms with van der Waals surface area (Å²) in [7, 11) is 0. The van der Waals surface area contributed by atoms with E-state index in [4.69, 9.17) is 38.4 Å². The number of nitrogen functional groups attached to an aromatic ring is 1. The third kappa shape index (κ3) is 5.05. The molecule has 0 saturated heterocycles. The average molecular weight is 354 g/mol. The zero-order chi connectivity index (χ0) is 16.8. The van der Waals surface area contributed by atoms with E-state index in [1.54, 1.807) is 43.3 Å². The second-order valence-corrected chi connectivity index (χ2v) is 5.68. The molecule has 2 aromatic rings. The lowest BCUT2D eigenvalue weighted by molar-refractivity contribution is -0.143. The number of nitrogens with two attached hydrogens (primary N) is 1. The maximum Gasteiger partial charge on any atom is 0.306 e. The van der Waals surface area contributed by atoms with Crippen LogP contribution in [0.4, 0.5) is 5.69 Å². The number of ether oxygens (including phenoxy) is 2. The molecule has 2 rings (SSSR count). The Hall–Kier alpha value is -1.91. The molecule has 0 heterocycles. The molecule has 4 nitrogen and oxygen atoms in total. The Balaban J connectivity index is 2.10. The number of halogens is 2. The molecule has 0 bridgehead atoms. The van der Waals surface area contributed by atoms with Crippen molar-refractivity contribution >= 4 is 34.9 Å². The molecule has 2 aromatic carbocycles. The van der Waals surface area contributed by atoms with E-state index in [0.29, 0.717) is 40.3 Å². The summed E-state index contributed by atoms with van der Waals surface area (Å²) in [5.74, 6) is 0.710. The molecule has 0 aromatic heterocycles.